The van der Waals surface area contributed by atoms with E-state index in [2.05, 4.69) is 29.6 Å². The van der Waals surface area contributed by atoms with Crippen molar-refractivity contribution in [1.82, 2.24) is 10.2 Å². The van der Waals surface area contributed by atoms with Crippen molar-refractivity contribution in [2.45, 2.75) is 30.7 Å². The van der Waals surface area contributed by atoms with Crippen LogP contribution in [-0.2, 0) is 19.1 Å². The molecule has 2 saturated heterocycles. The van der Waals surface area contributed by atoms with Crippen LogP contribution in [0.4, 0.5) is 4.79 Å². The highest BCUT2D eigenvalue weighted by molar-refractivity contribution is 5.91. The molecule has 3 aliphatic rings. The minimum atomic E-state index is -1.09. The van der Waals surface area contributed by atoms with Crippen LogP contribution in [0.25, 0.3) is 11.1 Å². The number of hydrogen-bond donors (Lipinski definition) is 2. The topological polar surface area (TPSA) is 105 Å². The van der Waals surface area contributed by atoms with E-state index in [1.165, 1.54) is 0 Å². The van der Waals surface area contributed by atoms with Gasteiger partial charge >= 0.3 is 12.1 Å². The molecule has 0 unspecified atom stereocenters. The van der Waals surface area contributed by atoms with E-state index >= 15 is 0 Å². The normalized spacial score (nSPS) is 19.0. The second kappa shape index (κ2) is 9.10. The number of likely N-dealkylation sites (tertiary alicyclic amines) is 1. The van der Waals surface area contributed by atoms with E-state index in [1.54, 1.807) is 4.90 Å². The van der Waals surface area contributed by atoms with Crippen molar-refractivity contribution in [1.29, 1.82) is 0 Å². The Bertz CT molecular complexity index is 1060. The molecule has 0 spiro atoms. The lowest BCUT2D eigenvalue weighted by Gasteiger charge is -2.46. The highest BCUT2D eigenvalue weighted by atomic mass is 16.5. The summed E-state index contributed by atoms with van der Waals surface area (Å²) < 4.78 is 11.1. The first-order valence-electron chi connectivity index (χ1n) is 11.7. The summed E-state index contributed by atoms with van der Waals surface area (Å²) in [5, 5.41) is 11.8. The number of nitrogens with zero attached hydrogens (tertiary/aromatic N) is 1. The molecule has 2 amide bonds. The van der Waals surface area contributed by atoms with Gasteiger partial charge in [-0.25, -0.2) is 4.79 Å². The molecule has 0 aromatic heterocycles. The van der Waals surface area contributed by atoms with Crippen molar-refractivity contribution < 1.29 is 29.0 Å². The van der Waals surface area contributed by atoms with Gasteiger partial charge in [-0.15, -0.1) is 0 Å². The van der Waals surface area contributed by atoms with E-state index in [0.717, 1.165) is 22.3 Å². The highest BCUT2D eigenvalue weighted by Crippen LogP contribution is 2.44. The molecule has 8 heteroatoms. The Labute approximate surface area is 197 Å². The van der Waals surface area contributed by atoms with Crippen molar-refractivity contribution >= 4 is 18.0 Å². The number of alkyl carbamates (subject to hydrolysis) is 1. The van der Waals surface area contributed by atoms with Gasteiger partial charge in [0.1, 0.15) is 12.1 Å². The van der Waals surface area contributed by atoms with Crippen LogP contribution in [-0.4, -0.2) is 66.4 Å². The highest BCUT2D eigenvalue weighted by Gasteiger charge is 2.47. The molecule has 2 N–H and O–H groups in total. The zero-order chi connectivity index (χ0) is 23.7. The third-order valence-electron chi connectivity index (χ3n) is 7.15. The number of carbonyl (C=O) groups is 3. The van der Waals surface area contributed by atoms with Gasteiger partial charge in [0, 0.05) is 51.0 Å². The Morgan fingerprint density at radius 1 is 1.00 bits per heavy atom. The van der Waals surface area contributed by atoms with Crippen molar-refractivity contribution in [3.8, 4) is 11.1 Å². The zero-order valence-corrected chi connectivity index (χ0v) is 18.9. The summed E-state index contributed by atoms with van der Waals surface area (Å²) in [5.41, 5.74) is 3.46. The lowest BCUT2D eigenvalue weighted by atomic mass is 9.85. The number of rotatable bonds is 6. The molecule has 8 nitrogen and oxygen atoms in total. The maximum atomic E-state index is 13.3. The summed E-state index contributed by atoms with van der Waals surface area (Å²) in [6.45, 7) is 1.68. The quantitative estimate of drug-likeness (QED) is 0.681. The van der Waals surface area contributed by atoms with Crippen molar-refractivity contribution in [2.75, 3.05) is 32.9 Å². The van der Waals surface area contributed by atoms with E-state index in [-0.39, 0.29) is 30.8 Å². The minimum Gasteiger partial charge on any atom is -0.481 e. The number of carboxylic acids is 1. The molecule has 2 aromatic carbocycles. The predicted octanol–water partition coefficient (Wildman–Crippen LogP) is 3.01. The van der Waals surface area contributed by atoms with Crippen LogP contribution < -0.4 is 5.32 Å². The molecule has 0 bridgehead atoms. The first-order chi connectivity index (χ1) is 16.5. The van der Waals surface area contributed by atoms with Gasteiger partial charge in [0.15, 0.2) is 0 Å². The summed E-state index contributed by atoms with van der Waals surface area (Å²) in [5.74, 6) is -1.17. The molecule has 0 atom stereocenters. The number of hydrogen-bond acceptors (Lipinski definition) is 5. The molecule has 2 aromatic rings. The average molecular weight is 465 g/mol. The molecule has 2 fully saturated rings. The number of ether oxygens (including phenoxy) is 2. The van der Waals surface area contributed by atoms with E-state index in [4.69, 9.17) is 14.6 Å². The molecule has 1 aliphatic carbocycles. The monoisotopic (exact) mass is 464 g/mol. The first kappa shape index (κ1) is 22.4. The lowest BCUT2D eigenvalue weighted by Crippen LogP contribution is -2.66. The van der Waals surface area contributed by atoms with Gasteiger partial charge in [0.05, 0.1) is 6.42 Å². The first-order valence-corrected chi connectivity index (χ1v) is 11.7. The van der Waals surface area contributed by atoms with Crippen molar-refractivity contribution in [3.05, 3.63) is 59.7 Å². The molecule has 2 heterocycles. The third-order valence-corrected chi connectivity index (χ3v) is 7.15. The molecular weight excluding hydrogens is 436 g/mol. The second-order valence-electron chi connectivity index (χ2n) is 9.32. The fourth-order valence-corrected chi connectivity index (χ4v) is 5.36. The third kappa shape index (κ3) is 4.14. The maximum Gasteiger partial charge on any atom is 0.408 e. The van der Waals surface area contributed by atoms with Gasteiger partial charge in [-0.05, 0) is 22.3 Å². The molecular formula is C26H28N2O6. The zero-order valence-electron chi connectivity index (χ0n) is 18.9. The van der Waals surface area contributed by atoms with Crippen LogP contribution in [0.15, 0.2) is 48.5 Å². The molecule has 0 radical (unpaired) electrons. The average Bonchev–Trinajstić information content (AvgIpc) is 3.13. The Balaban J connectivity index is 1.25. The van der Waals surface area contributed by atoms with E-state index in [1.807, 2.05) is 24.3 Å². The fraction of sp³-hybridized carbons (Fsp3) is 0.423. The SMILES string of the molecule is O=C(O)CC1CN(C(=O)C2(NC(=O)OCC3c4ccccc4-c4ccccc43)CCOCC2)C1. The second-order valence-corrected chi connectivity index (χ2v) is 9.32. The van der Waals surface area contributed by atoms with E-state index in [0.29, 0.717) is 39.1 Å². The smallest absolute Gasteiger partial charge is 0.408 e. The number of amides is 2. The summed E-state index contributed by atoms with van der Waals surface area (Å²) in [6, 6.07) is 16.2. The Morgan fingerprint density at radius 3 is 2.18 bits per heavy atom. The summed E-state index contributed by atoms with van der Waals surface area (Å²) in [7, 11) is 0. The number of nitrogens with one attached hydrogen (secondary N) is 1. The number of carboxylic acid groups (broad SMARTS) is 1. The van der Waals surface area contributed by atoms with Gasteiger partial charge in [-0.1, -0.05) is 48.5 Å². The van der Waals surface area contributed by atoms with Crippen LogP contribution in [0.3, 0.4) is 0 Å². The van der Waals surface area contributed by atoms with Crippen molar-refractivity contribution in [2.24, 2.45) is 5.92 Å². The van der Waals surface area contributed by atoms with Gasteiger partial charge < -0.3 is 24.8 Å². The summed E-state index contributed by atoms with van der Waals surface area (Å²) >= 11 is 0. The van der Waals surface area contributed by atoms with Gasteiger partial charge in [-0.3, -0.25) is 9.59 Å². The molecule has 0 saturated carbocycles. The van der Waals surface area contributed by atoms with Crippen molar-refractivity contribution in [3.63, 3.8) is 0 Å². The van der Waals surface area contributed by atoms with Gasteiger partial charge in [0.2, 0.25) is 5.91 Å². The summed E-state index contributed by atoms with van der Waals surface area (Å²) in [6.07, 6.45) is 0.131. The minimum absolute atomic E-state index is 0.0414. The molecule has 5 rings (SSSR count). The van der Waals surface area contributed by atoms with Crippen LogP contribution in [0.1, 0.15) is 36.3 Å². The standard InChI is InChI=1S/C26H28N2O6/c29-23(30)13-17-14-28(15-17)24(31)26(9-11-33-12-10-26)27-25(32)34-16-22-20-7-3-1-5-18(20)19-6-2-4-8-21(19)22/h1-8,17,22H,9-16H2,(H,27,32)(H,29,30). The predicted molar refractivity (Wildman–Crippen MR) is 123 cm³/mol. The lowest BCUT2D eigenvalue weighted by molar-refractivity contribution is -0.152. The number of aliphatic carboxylic acids is 1. The van der Waals surface area contributed by atoms with Crippen LogP contribution in [0, 0.1) is 5.92 Å². The Hall–Kier alpha value is -3.39. The Morgan fingerprint density at radius 2 is 1.59 bits per heavy atom. The number of carbonyl (C=O) groups excluding carboxylic acids is 2. The van der Waals surface area contributed by atoms with Crippen LogP contribution in [0.2, 0.25) is 0 Å². The summed E-state index contributed by atoms with van der Waals surface area (Å²) in [4.78, 5) is 38.8. The Kier molecular flexibility index (Phi) is 6.00. The number of benzene rings is 2. The largest absolute Gasteiger partial charge is 0.481 e. The van der Waals surface area contributed by atoms with E-state index in [9.17, 15) is 14.4 Å². The van der Waals surface area contributed by atoms with Gasteiger partial charge in [-0.2, -0.15) is 0 Å². The fourth-order valence-electron chi connectivity index (χ4n) is 5.36. The molecule has 2 aliphatic heterocycles. The molecule has 178 valence electrons. The molecule has 34 heavy (non-hydrogen) atoms. The number of fused-ring (bicyclic) bond motifs is 3. The maximum absolute atomic E-state index is 13.3. The van der Waals surface area contributed by atoms with Gasteiger partial charge in [0.25, 0.3) is 0 Å². The van der Waals surface area contributed by atoms with Crippen LogP contribution >= 0.6 is 0 Å². The van der Waals surface area contributed by atoms with E-state index < -0.39 is 17.6 Å². The van der Waals surface area contributed by atoms with Crippen LogP contribution in [0.5, 0.6) is 0 Å².